The Bertz CT molecular complexity index is 223. The summed E-state index contributed by atoms with van der Waals surface area (Å²) in [6, 6.07) is 0.120. The first-order chi connectivity index (χ1) is 4.99. The van der Waals surface area contributed by atoms with E-state index in [-0.39, 0.29) is 11.8 Å². The summed E-state index contributed by atoms with van der Waals surface area (Å²) in [6.07, 6.45) is 0.737. The molecular weight excluding hydrogens is 164 g/mol. The van der Waals surface area contributed by atoms with Gasteiger partial charge in [-0.15, -0.1) is 0 Å². The van der Waals surface area contributed by atoms with E-state index in [9.17, 15) is 8.42 Å². The van der Waals surface area contributed by atoms with Crippen molar-refractivity contribution in [3.8, 4) is 0 Å². The van der Waals surface area contributed by atoms with Crippen LogP contribution in [0.1, 0.15) is 6.42 Å². The minimum Gasteiger partial charge on any atom is -0.252 e. The van der Waals surface area contributed by atoms with E-state index in [0.29, 0.717) is 5.75 Å². The Labute approximate surface area is 67.5 Å². The summed E-state index contributed by atoms with van der Waals surface area (Å²) in [4.78, 5) is 0. The summed E-state index contributed by atoms with van der Waals surface area (Å²) in [5, 5.41) is 1.80. The summed E-state index contributed by atoms with van der Waals surface area (Å²) in [7, 11) is 1.00. The number of nitrogens with zero attached hydrogens (tertiary/aromatic N) is 1. The van der Waals surface area contributed by atoms with Crippen molar-refractivity contribution >= 4 is 9.84 Å². The smallest absolute Gasteiger partial charge is 0.151 e. The molecule has 0 saturated carbocycles. The molecule has 0 aromatic heterocycles. The number of hydrogen-bond donors (Lipinski definition) is 1. The summed E-state index contributed by atoms with van der Waals surface area (Å²) < 4.78 is 21.9. The van der Waals surface area contributed by atoms with Crippen molar-refractivity contribution in [1.29, 1.82) is 0 Å². The van der Waals surface area contributed by atoms with Crippen molar-refractivity contribution in [3.63, 3.8) is 0 Å². The van der Waals surface area contributed by atoms with Gasteiger partial charge in [0.1, 0.15) is 0 Å². The van der Waals surface area contributed by atoms with Gasteiger partial charge in [-0.2, -0.15) is 0 Å². The number of hydrazine groups is 1. The molecule has 0 bridgehead atoms. The molecule has 0 aromatic carbocycles. The highest BCUT2D eigenvalue weighted by Gasteiger charge is 2.27. The van der Waals surface area contributed by atoms with Crippen LogP contribution in [0.25, 0.3) is 0 Å². The van der Waals surface area contributed by atoms with E-state index in [1.165, 1.54) is 0 Å². The van der Waals surface area contributed by atoms with E-state index in [2.05, 4.69) is 5.43 Å². The Morgan fingerprint density at radius 3 is 2.45 bits per heavy atom. The molecule has 1 atom stereocenters. The zero-order chi connectivity index (χ0) is 8.48. The third-order valence-corrected chi connectivity index (χ3v) is 3.44. The first kappa shape index (κ1) is 8.96. The van der Waals surface area contributed by atoms with Crippen molar-refractivity contribution in [3.05, 3.63) is 0 Å². The molecule has 0 unspecified atom stereocenters. The summed E-state index contributed by atoms with van der Waals surface area (Å²) in [6.45, 7) is 0. The minimum atomic E-state index is -2.73. The van der Waals surface area contributed by atoms with Gasteiger partial charge in [-0.25, -0.2) is 8.42 Å². The van der Waals surface area contributed by atoms with Gasteiger partial charge in [-0.1, -0.05) is 0 Å². The number of nitrogens with one attached hydrogen (secondary N) is 1. The first-order valence-electron chi connectivity index (χ1n) is 3.63. The predicted molar refractivity (Wildman–Crippen MR) is 43.9 cm³/mol. The van der Waals surface area contributed by atoms with Crippen LogP contribution in [0.2, 0.25) is 0 Å². The van der Waals surface area contributed by atoms with Crippen LogP contribution in [0.3, 0.4) is 0 Å². The molecular formula is C6H14N2O2S. The second kappa shape index (κ2) is 3.08. The molecule has 1 aliphatic rings. The Balaban J connectivity index is 2.43. The van der Waals surface area contributed by atoms with E-state index in [4.69, 9.17) is 0 Å². The second-order valence-corrected chi connectivity index (χ2v) is 5.35. The van der Waals surface area contributed by atoms with E-state index in [0.717, 1.165) is 6.42 Å². The second-order valence-electron chi connectivity index (χ2n) is 3.12. The molecule has 0 aromatic rings. The molecule has 1 fully saturated rings. The van der Waals surface area contributed by atoms with Gasteiger partial charge in [0.05, 0.1) is 11.5 Å². The standard InChI is InChI=1S/C6H14N2O2S/c1-8(2)7-6-3-4-11(9,10)5-6/h6-7H,3-5H2,1-2H3/t6-/m0/s1. The first-order valence-corrected chi connectivity index (χ1v) is 5.46. The van der Waals surface area contributed by atoms with Crippen LogP contribution < -0.4 is 5.43 Å². The number of sulfone groups is 1. The van der Waals surface area contributed by atoms with Gasteiger partial charge in [-0.3, -0.25) is 10.4 Å². The molecule has 0 aliphatic carbocycles. The monoisotopic (exact) mass is 178 g/mol. The van der Waals surface area contributed by atoms with Crippen LogP contribution >= 0.6 is 0 Å². The Kier molecular flexibility index (Phi) is 2.51. The molecule has 1 saturated heterocycles. The van der Waals surface area contributed by atoms with Crippen LogP contribution in [0, 0.1) is 0 Å². The predicted octanol–water partition coefficient (Wildman–Crippen LogP) is -0.760. The summed E-state index contributed by atoms with van der Waals surface area (Å²) >= 11 is 0. The number of rotatable bonds is 2. The van der Waals surface area contributed by atoms with Gasteiger partial charge in [0.2, 0.25) is 0 Å². The van der Waals surface area contributed by atoms with Crippen molar-refractivity contribution < 1.29 is 8.42 Å². The van der Waals surface area contributed by atoms with Crippen LogP contribution in [0.4, 0.5) is 0 Å². The van der Waals surface area contributed by atoms with Crippen molar-refractivity contribution in [2.24, 2.45) is 0 Å². The van der Waals surface area contributed by atoms with Crippen LogP contribution in [0.5, 0.6) is 0 Å². The molecule has 0 radical (unpaired) electrons. The Morgan fingerprint density at radius 2 is 2.09 bits per heavy atom. The van der Waals surface area contributed by atoms with Gasteiger partial charge >= 0.3 is 0 Å². The maximum Gasteiger partial charge on any atom is 0.151 e. The molecule has 4 nitrogen and oxygen atoms in total. The fourth-order valence-corrected chi connectivity index (χ4v) is 2.93. The molecule has 1 N–H and O–H groups in total. The van der Waals surface area contributed by atoms with Gasteiger partial charge in [0.15, 0.2) is 9.84 Å². The zero-order valence-corrected chi connectivity index (χ0v) is 7.69. The van der Waals surface area contributed by atoms with E-state index in [1.807, 2.05) is 14.1 Å². The molecule has 66 valence electrons. The quantitative estimate of drug-likeness (QED) is 0.565. The lowest BCUT2D eigenvalue weighted by Crippen LogP contribution is -2.40. The highest BCUT2D eigenvalue weighted by Crippen LogP contribution is 2.10. The molecule has 5 heteroatoms. The maximum atomic E-state index is 11.0. The Hall–Kier alpha value is -0.130. The van der Waals surface area contributed by atoms with Gasteiger partial charge in [0.25, 0.3) is 0 Å². The molecule has 11 heavy (non-hydrogen) atoms. The van der Waals surface area contributed by atoms with Gasteiger partial charge in [0, 0.05) is 20.1 Å². The van der Waals surface area contributed by atoms with Crippen LogP contribution in [-0.4, -0.2) is 45.1 Å². The van der Waals surface area contributed by atoms with Gasteiger partial charge in [-0.05, 0) is 6.42 Å². The number of hydrogen-bond acceptors (Lipinski definition) is 4. The SMILES string of the molecule is CN(C)N[C@H]1CCS(=O)(=O)C1. The minimum absolute atomic E-state index is 0.120. The van der Waals surface area contributed by atoms with Crippen LogP contribution in [0.15, 0.2) is 0 Å². The van der Waals surface area contributed by atoms with Crippen molar-refractivity contribution in [2.75, 3.05) is 25.6 Å². The maximum absolute atomic E-state index is 11.0. The lowest BCUT2D eigenvalue weighted by atomic mass is 10.3. The lowest BCUT2D eigenvalue weighted by molar-refractivity contribution is 0.252. The summed E-state index contributed by atoms with van der Waals surface area (Å²) in [5.74, 6) is 0.615. The largest absolute Gasteiger partial charge is 0.252 e. The van der Waals surface area contributed by atoms with Crippen molar-refractivity contribution in [1.82, 2.24) is 10.4 Å². The molecule has 1 heterocycles. The van der Waals surface area contributed by atoms with Gasteiger partial charge < -0.3 is 0 Å². The molecule has 1 rings (SSSR count). The third-order valence-electron chi connectivity index (χ3n) is 1.67. The summed E-state index contributed by atoms with van der Waals surface area (Å²) in [5.41, 5.74) is 3.05. The normalized spacial score (nSPS) is 29.5. The van der Waals surface area contributed by atoms with Crippen LogP contribution in [-0.2, 0) is 9.84 Å². The van der Waals surface area contributed by atoms with E-state index < -0.39 is 9.84 Å². The highest BCUT2D eigenvalue weighted by molar-refractivity contribution is 7.91. The van der Waals surface area contributed by atoms with E-state index >= 15 is 0 Å². The fourth-order valence-electron chi connectivity index (χ4n) is 1.26. The Morgan fingerprint density at radius 1 is 1.45 bits per heavy atom. The highest BCUT2D eigenvalue weighted by atomic mass is 32.2. The third kappa shape index (κ3) is 2.76. The van der Waals surface area contributed by atoms with E-state index in [1.54, 1.807) is 5.01 Å². The molecule has 0 amide bonds. The lowest BCUT2D eigenvalue weighted by Gasteiger charge is -2.16. The topological polar surface area (TPSA) is 49.4 Å². The average Bonchev–Trinajstić information content (AvgIpc) is 2.08. The average molecular weight is 178 g/mol. The fraction of sp³-hybridized carbons (Fsp3) is 1.00. The van der Waals surface area contributed by atoms with Crippen molar-refractivity contribution in [2.45, 2.75) is 12.5 Å². The molecule has 0 spiro atoms. The zero-order valence-electron chi connectivity index (χ0n) is 6.87. The molecule has 1 aliphatic heterocycles.